The third-order valence-electron chi connectivity index (χ3n) is 7.31. The molecule has 0 fully saturated rings. The van der Waals surface area contributed by atoms with E-state index in [2.05, 4.69) is 21.1 Å². The quantitative estimate of drug-likeness (QED) is 0.347. The highest BCUT2D eigenvalue weighted by atomic mass is 35.5. The molecule has 0 saturated heterocycles. The van der Waals surface area contributed by atoms with Gasteiger partial charge in [-0.3, -0.25) is 4.79 Å². The summed E-state index contributed by atoms with van der Waals surface area (Å²) in [6, 6.07) is 10.4. The van der Waals surface area contributed by atoms with E-state index in [0.717, 1.165) is 0 Å². The number of aromatic nitrogens is 1. The minimum atomic E-state index is -0.501. The van der Waals surface area contributed by atoms with Crippen molar-refractivity contribution in [1.82, 2.24) is 15.0 Å². The van der Waals surface area contributed by atoms with E-state index < -0.39 is 6.03 Å². The van der Waals surface area contributed by atoms with Crippen LogP contribution in [0.3, 0.4) is 0 Å². The second-order valence-electron chi connectivity index (χ2n) is 10.7. The SMILES string of the molecule is CO[C@@H]1CN(C)C(=O)c2cc(NC(=O)Nc3cccc(Cl)c3)ccc2OC[C@H](C)N(C(=O)Nc2c(C)noc2C)C[C@H]1C. The molecule has 4 rings (SSSR count). The molecule has 3 atom stereocenters. The Kier molecular flexibility index (Phi) is 10.1. The summed E-state index contributed by atoms with van der Waals surface area (Å²) >= 11 is 6.02. The lowest BCUT2D eigenvalue weighted by molar-refractivity contribution is 0.0174. The Balaban J connectivity index is 1.59. The Morgan fingerprint density at radius 1 is 1.05 bits per heavy atom. The van der Waals surface area contributed by atoms with E-state index in [-0.39, 0.29) is 48.7 Å². The fourth-order valence-corrected chi connectivity index (χ4v) is 5.03. The molecule has 2 heterocycles. The molecule has 2 aromatic carbocycles. The number of hydrogen-bond donors (Lipinski definition) is 3. The van der Waals surface area contributed by atoms with Gasteiger partial charge >= 0.3 is 12.1 Å². The smallest absolute Gasteiger partial charge is 0.323 e. The van der Waals surface area contributed by atoms with Gasteiger partial charge in [0.25, 0.3) is 5.91 Å². The Hall–Kier alpha value is -4.29. The van der Waals surface area contributed by atoms with Crippen LogP contribution in [0.4, 0.5) is 26.7 Å². The second kappa shape index (κ2) is 13.8. The lowest BCUT2D eigenvalue weighted by Crippen LogP contribution is -2.50. The van der Waals surface area contributed by atoms with E-state index >= 15 is 0 Å². The van der Waals surface area contributed by atoms with Crippen LogP contribution >= 0.6 is 11.6 Å². The molecule has 0 radical (unpaired) electrons. The number of likely N-dealkylation sites (N-methyl/N-ethyl adjacent to an activating group) is 1. The van der Waals surface area contributed by atoms with Crippen LogP contribution in [0.5, 0.6) is 5.75 Å². The third-order valence-corrected chi connectivity index (χ3v) is 7.55. The van der Waals surface area contributed by atoms with Gasteiger partial charge in [-0.15, -0.1) is 0 Å². The molecule has 0 spiro atoms. The molecule has 3 aromatic rings. The van der Waals surface area contributed by atoms with Crippen LogP contribution in [0.15, 0.2) is 47.0 Å². The standard InChI is InChI=1S/C30H37ClN6O6/c1-17-14-37(30(40)34-27-19(3)35-43-20(27)4)18(2)16-42-25-11-10-23(13-24(25)28(38)36(5)15-26(17)41-6)33-29(39)32-22-9-7-8-21(31)12-22/h7-13,17-18,26H,14-16H2,1-6H3,(H,34,40)(H2,32,33,39)/t17-,18+,26-/m1/s1. The van der Waals surface area contributed by atoms with E-state index in [1.54, 1.807) is 80.3 Å². The van der Waals surface area contributed by atoms with Crippen LogP contribution in [-0.2, 0) is 4.74 Å². The zero-order valence-electron chi connectivity index (χ0n) is 25.1. The highest BCUT2D eigenvalue weighted by Crippen LogP contribution is 2.27. The van der Waals surface area contributed by atoms with Gasteiger partial charge in [-0.2, -0.15) is 0 Å². The first-order valence-electron chi connectivity index (χ1n) is 13.9. The van der Waals surface area contributed by atoms with Gasteiger partial charge in [0.05, 0.1) is 17.7 Å². The Morgan fingerprint density at radius 2 is 1.77 bits per heavy atom. The van der Waals surface area contributed by atoms with Crippen molar-refractivity contribution in [3.63, 3.8) is 0 Å². The predicted molar refractivity (Wildman–Crippen MR) is 164 cm³/mol. The summed E-state index contributed by atoms with van der Waals surface area (Å²) in [7, 11) is 3.26. The number of aryl methyl sites for hydroxylation is 2. The summed E-state index contributed by atoms with van der Waals surface area (Å²) in [5.74, 6) is 0.384. The predicted octanol–water partition coefficient (Wildman–Crippen LogP) is 5.63. The Labute approximate surface area is 255 Å². The lowest BCUT2D eigenvalue weighted by Gasteiger charge is -2.36. The van der Waals surface area contributed by atoms with Crippen LogP contribution in [0.25, 0.3) is 0 Å². The van der Waals surface area contributed by atoms with E-state index in [9.17, 15) is 14.4 Å². The number of fused-ring (bicyclic) bond motifs is 1. The molecule has 12 nitrogen and oxygen atoms in total. The zero-order valence-corrected chi connectivity index (χ0v) is 25.8. The first-order valence-corrected chi connectivity index (χ1v) is 14.2. The van der Waals surface area contributed by atoms with E-state index in [1.807, 2.05) is 13.8 Å². The number of rotatable bonds is 4. The monoisotopic (exact) mass is 612 g/mol. The summed E-state index contributed by atoms with van der Waals surface area (Å²) < 4.78 is 17.1. The molecule has 230 valence electrons. The molecular weight excluding hydrogens is 576 g/mol. The maximum Gasteiger partial charge on any atom is 0.323 e. The van der Waals surface area contributed by atoms with Gasteiger partial charge in [0.2, 0.25) is 0 Å². The van der Waals surface area contributed by atoms with Gasteiger partial charge in [0.15, 0.2) is 5.76 Å². The molecule has 1 aliphatic heterocycles. The molecule has 0 bridgehead atoms. The molecule has 1 aromatic heterocycles. The largest absolute Gasteiger partial charge is 0.491 e. The van der Waals surface area contributed by atoms with Crippen molar-refractivity contribution in [3.05, 3.63) is 64.5 Å². The normalized spacial score (nSPS) is 19.4. The number of anilines is 3. The van der Waals surface area contributed by atoms with Crippen molar-refractivity contribution in [2.75, 3.05) is 49.8 Å². The number of nitrogens with zero attached hydrogens (tertiary/aromatic N) is 3. The van der Waals surface area contributed by atoms with Crippen molar-refractivity contribution in [2.45, 2.75) is 39.8 Å². The summed E-state index contributed by atoms with van der Waals surface area (Å²) in [5.41, 5.74) is 2.26. The minimum Gasteiger partial charge on any atom is -0.491 e. The third kappa shape index (κ3) is 7.76. The molecule has 3 N–H and O–H groups in total. The fraction of sp³-hybridized carbons (Fsp3) is 0.400. The second-order valence-corrected chi connectivity index (χ2v) is 11.1. The van der Waals surface area contributed by atoms with Crippen molar-refractivity contribution in [3.8, 4) is 5.75 Å². The van der Waals surface area contributed by atoms with Gasteiger partial charge in [-0.05, 0) is 57.2 Å². The average Bonchev–Trinajstić information content (AvgIpc) is 3.28. The molecule has 43 heavy (non-hydrogen) atoms. The molecule has 0 aliphatic carbocycles. The van der Waals surface area contributed by atoms with Crippen LogP contribution in [0, 0.1) is 19.8 Å². The number of carbonyl (C=O) groups excluding carboxylic acids is 3. The average molecular weight is 613 g/mol. The van der Waals surface area contributed by atoms with Crippen LogP contribution in [-0.4, -0.2) is 78.9 Å². The number of amides is 5. The van der Waals surface area contributed by atoms with Crippen LogP contribution in [0.1, 0.15) is 35.7 Å². The van der Waals surface area contributed by atoms with Crippen molar-refractivity contribution in [1.29, 1.82) is 0 Å². The summed E-state index contributed by atoms with van der Waals surface area (Å²) in [5, 5.41) is 12.8. The van der Waals surface area contributed by atoms with Gasteiger partial charge < -0.3 is 39.7 Å². The number of benzene rings is 2. The molecule has 1 aliphatic rings. The number of halogens is 1. The highest BCUT2D eigenvalue weighted by molar-refractivity contribution is 6.30. The first-order chi connectivity index (χ1) is 20.5. The molecular formula is C30H37ClN6O6. The van der Waals surface area contributed by atoms with Gasteiger partial charge in [-0.1, -0.05) is 29.7 Å². The summed E-state index contributed by atoms with van der Waals surface area (Å²) in [6.45, 7) is 8.04. The topological polar surface area (TPSA) is 138 Å². The highest BCUT2D eigenvalue weighted by Gasteiger charge is 2.31. The maximum atomic E-state index is 13.6. The first kappa shape index (κ1) is 31.6. The Morgan fingerprint density at radius 3 is 2.42 bits per heavy atom. The number of carbonyl (C=O) groups is 3. The van der Waals surface area contributed by atoms with Crippen LogP contribution in [0.2, 0.25) is 5.02 Å². The van der Waals surface area contributed by atoms with Crippen molar-refractivity contribution in [2.24, 2.45) is 5.92 Å². The molecule has 13 heteroatoms. The van der Waals surface area contributed by atoms with Gasteiger partial charge in [-0.25, -0.2) is 9.59 Å². The molecule has 0 saturated carbocycles. The summed E-state index contributed by atoms with van der Waals surface area (Å²) in [4.78, 5) is 43.1. The van der Waals surface area contributed by atoms with Crippen molar-refractivity contribution >= 4 is 46.6 Å². The van der Waals surface area contributed by atoms with Crippen molar-refractivity contribution < 1.29 is 28.4 Å². The number of methoxy groups -OCH3 is 1. The molecule has 5 amide bonds. The maximum absolute atomic E-state index is 13.6. The lowest BCUT2D eigenvalue weighted by atomic mass is 10.0. The van der Waals surface area contributed by atoms with Crippen LogP contribution < -0.4 is 20.7 Å². The van der Waals surface area contributed by atoms with E-state index in [4.69, 9.17) is 25.6 Å². The number of urea groups is 2. The van der Waals surface area contributed by atoms with Gasteiger partial charge in [0.1, 0.15) is 23.7 Å². The zero-order chi connectivity index (χ0) is 31.3. The number of hydrogen-bond acceptors (Lipinski definition) is 7. The molecule has 0 unspecified atom stereocenters. The van der Waals surface area contributed by atoms with E-state index in [0.29, 0.717) is 45.8 Å². The number of ether oxygens (including phenoxy) is 2. The van der Waals surface area contributed by atoms with Gasteiger partial charge in [0, 0.05) is 49.6 Å². The minimum absolute atomic E-state index is 0.103. The van der Waals surface area contributed by atoms with E-state index in [1.165, 1.54) is 0 Å². The number of nitrogens with one attached hydrogen (secondary N) is 3. The summed E-state index contributed by atoms with van der Waals surface area (Å²) in [6.07, 6.45) is -0.371. The fourth-order valence-electron chi connectivity index (χ4n) is 4.84. The Bertz CT molecular complexity index is 1460.